The smallest absolute Gasteiger partial charge is 0.334 e. The monoisotopic (exact) mass is 748 g/mol. The van der Waals surface area contributed by atoms with Crippen LogP contribution in [0.1, 0.15) is 107 Å². The molecule has 1 aliphatic carbocycles. The van der Waals surface area contributed by atoms with Crippen molar-refractivity contribution in [2.45, 2.75) is 137 Å². The Morgan fingerprint density at radius 2 is 1.13 bits per heavy atom. The lowest BCUT2D eigenvalue weighted by Gasteiger charge is -2.26. The van der Waals surface area contributed by atoms with Crippen LogP contribution < -0.4 is 32.7 Å². The normalized spacial score (nSPS) is 16.6. The largest absolute Gasteiger partial charge is 0.481 e. The Morgan fingerprint density at radius 3 is 1.42 bits per heavy atom. The van der Waals surface area contributed by atoms with Gasteiger partial charge in [-0.25, -0.2) is 14.4 Å². The molecule has 0 saturated heterocycles. The van der Waals surface area contributed by atoms with Crippen LogP contribution in [0.4, 0.5) is 9.59 Å². The summed E-state index contributed by atoms with van der Waals surface area (Å²) in [6.07, 6.45) is 4.77. The average molecular weight is 749 g/mol. The Bertz CT molecular complexity index is 1080. The minimum atomic E-state index is -1.20. The van der Waals surface area contributed by atoms with Crippen molar-refractivity contribution in [3.8, 4) is 0 Å². The number of carboxylic acids is 2. The fourth-order valence-electron chi connectivity index (χ4n) is 5.05. The van der Waals surface area contributed by atoms with Crippen molar-refractivity contribution in [3.05, 3.63) is 0 Å². The first-order valence-corrected chi connectivity index (χ1v) is 18.4. The molecule has 0 spiro atoms. The number of hydrogen-bond acceptors (Lipinski definition) is 9. The number of carboxylic acid groups (broad SMARTS) is 2. The van der Waals surface area contributed by atoms with Crippen molar-refractivity contribution in [2.24, 2.45) is 28.7 Å². The van der Waals surface area contributed by atoms with Crippen LogP contribution in [-0.4, -0.2) is 110 Å². The number of methoxy groups -OCH3 is 1. The van der Waals surface area contributed by atoms with Crippen molar-refractivity contribution >= 4 is 35.8 Å². The number of ether oxygens (including phenoxy) is 3. The summed E-state index contributed by atoms with van der Waals surface area (Å²) in [6.45, 7) is 16.5. The molecule has 52 heavy (non-hydrogen) atoms. The molecule has 0 heterocycles. The molecule has 0 aromatic rings. The number of carbonyl (C=O) groups excluding carboxylic acids is 4. The zero-order chi connectivity index (χ0) is 40.4. The molecule has 0 aromatic carbocycles. The first kappa shape index (κ1) is 50.4. The Hall–Kier alpha value is -3.70. The Kier molecular flexibility index (Phi) is 27.0. The second-order valence-electron chi connectivity index (χ2n) is 12.8. The third-order valence-electron chi connectivity index (χ3n) is 8.77. The number of hydrogen-bond donors (Lipinski definition) is 8. The number of urea groups is 2. The van der Waals surface area contributed by atoms with Gasteiger partial charge in [0.15, 0.2) is 6.10 Å². The first-order valence-electron chi connectivity index (χ1n) is 18.4. The van der Waals surface area contributed by atoms with Crippen LogP contribution in [0.15, 0.2) is 0 Å². The lowest BCUT2D eigenvalue weighted by molar-refractivity contribution is -0.148. The highest BCUT2D eigenvalue weighted by atomic mass is 16.5. The van der Waals surface area contributed by atoms with Crippen LogP contribution in [0.5, 0.6) is 0 Å². The van der Waals surface area contributed by atoms with Gasteiger partial charge in [-0.1, -0.05) is 67.2 Å². The van der Waals surface area contributed by atoms with Gasteiger partial charge in [0, 0.05) is 26.9 Å². The Labute approximate surface area is 309 Å². The summed E-state index contributed by atoms with van der Waals surface area (Å²) >= 11 is 0. The van der Waals surface area contributed by atoms with E-state index in [2.05, 4.69) is 49.0 Å². The van der Waals surface area contributed by atoms with Crippen molar-refractivity contribution in [2.75, 3.05) is 33.4 Å². The van der Waals surface area contributed by atoms with Gasteiger partial charge in [-0.05, 0) is 51.4 Å². The van der Waals surface area contributed by atoms with Crippen LogP contribution in [0.2, 0.25) is 0 Å². The third-order valence-corrected chi connectivity index (χ3v) is 8.77. The van der Waals surface area contributed by atoms with Gasteiger partial charge in [0.1, 0.15) is 12.1 Å². The predicted octanol–water partition coefficient (Wildman–Crippen LogP) is 2.73. The maximum Gasteiger partial charge on any atom is 0.334 e. The second-order valence-corrected chi connectivity index (χ2v) is 12.8. The van der Waals surface area contributed by atoms with Gasteiger partial charge in [0.05, 0.1) is 24.2 Å². The van der Waals surface area contributed by atoms with Crippen LogP contribution in [0.25, 0.3) is 0 Å². The highest BCUT2D eigenvalue weighted by Crippen LogP contribution is 2.45. The van der Waals surface area contributed by atoms with Crippen molar-refractivity contribution in [1.29, 1.82) is 0 Å². The van der Waals surface area contributed by atoms with Gasteiger partial charge in [0.25, 0.3) is 0 Å². The van der Waals surface area contributed by atoms with E-state index < -0.39 is 71.6 Å². The third kappa shape index (κ3) is 20.4. The molecule has 1 rings (SSSR count). The molecule has 1 saturated carbocycles. The molecule has 0 radical (unpaired) electrons. The molecule has 1 fully saturated rings. The van der Waals surface area contributed by atoms with Gasteiger partial charge in [-0.2, -0.15) is 0 Å². The second kappa shape index (κ2) is 27.9. The molecule has 0 bridgehead atoms. The number of rotatable bonds is 25. The van der Waals surface area contributed by atoms with Gasteiger partial charge in [-0.15, -0.1) is 0 Å². The molecule has 0 aromatic heterocycles. The van der Waals surface area contributed by atoms with E-state index in [0.29, 0.717) is 37.9 Å². The summed E-state index contributed by atoms with van der Waals surface area (Å²) in [7, 11) is 1.23. The molecule has 0 aliphatic heterocycles. The molecule has 17 nitrogen and oxygen atoms in total. The molecule has 7 atom stereocenters. The standard InChI is InChI=1S/C17H31N3O5.C16H31N3O6.C2H6/c1-4-6-12(5-2)9-25-11(3)13(20-16(18)24)14(21)19-10-17(7-8-17)15(22)23;1-5-7-11(6-2)9-25-10(3)13(19-16(17)23)14(20)18-8-12(24-4)15(21)22;1-2/h11-13H,4-10H2,1-3H3,(H,19,21)(H,22,23)(H3,18,20,24);10-13H,5-9H2,1-4H3,(H,18,20)(H,21,22)(H3,17,19,23);1-2H3. The Morgan fingerprint density at radius 1 is 0.731 bits per heavy atom. The summed E-state index contributed by atoms with van der Waals surface area (Å²) in [6, 6.07) is -3.67. The van der Waals surface area contributed by atoms with E-state index in [9.17, 15) is 28.8 Å². The van der Waals surface area contributed by atoms with E-state index in [-0.39, 0.29) is 13.1 Å². The molecular weight excluding hydrogens is 680 g/mol. The lowest BCUT2D eigenvalue weighted by Crippen LogP contribution is -2.56. The van der Waals surface area contributed by atoms with E-state index in [1.165, 1.54) is 7.11 Å². The number of nitrogens with one attached hydrogen (secondary N) is 4. The number of primary amides is 2. The highest BCUT2D eigenvalue weighted by molar-refractivity contribution is 5.88. The zero-order valence-electron chi connectivity index (χ0n) is 32.8. The van der Waals surface area contributed by atoms with Crippen LogP contribution in [0.3, 0.4) is 0 Å². The van der Waals surface area contributed by atoms with Crippen LogP contribution in [0, 0.1) is 17.3 Å². The maximum absolute atomic E-state index is 12.4. The summed E-state index contributed by atoms with van der Waals surface area (Å²) in [5.74, 6) is -2.42. The maximum atomic E-state index is 12.4. The van der Waals surface area contributed by atoms with Crippen molar-refractivity contribution < 1.29 is 53.2 Å². The molecule has 1 aliphatic rings. The topological polar surface area (TPSA) is 271 Å². The summed E-state index contributed by atoms with van der Waals surface area (Å²) in [5.41, 5.74) is 9.42. The molecule has 17 heteroatoms. The summed E-state index contributed by atoms with van der Waals surface area (Å²) < 4.78 is 16.3. The molecule has 6 amide bonds. The minimum absolute atomic E-state index is 0.0399. The minimum Gasteiger partial charge on any atom is -0.481 e. The fraction of sp³-hybridized carbons (Fsp3) is 0.829. The van der Waals surface area contributed by atoms with Crippen LogP contribution >= 0.6 is 0 Å². The molecule has 304 valence electrons. The van der Waals surface area contributed by atoms with Gasteiger partial charge in [-0.3, -0.25) is 14.4 Å². The molecule has 7 unspecified atom stereocenters. The van der Waals surface area contributed by atoms with E-state index in [0.717, 1.165) is 38.5 Å². The van der Waals surface area contributed by atoms with Gasteiger partial charge in [0.2, 0.25) is 11.8 Å². The van der Waals surface area contributed by atoms with Gasteiger partial charge >= 0.3 is 24.0 Å². The lowest BCUT2D eigenvalue weighted by atomic mass is 10.0. The average Bonchev–Trinajstić information content (AvgIpc) is 3.91. The highest BCUT2D eigenvalue weighted by Gasteiger charge is 2.50. The first-order chi connectivity index (χ1) is 24.5. The SMILES string of the molecule is CC.CCCC(CC)COC(C)C(NC(N)=O)C(=O)NCC(OC)C(=O)O.CCCC(CC)COC(C)C(NC(N)=O)C(=O)NCC1(C(=O)O)CC1. The number of aliphatic carboxylic acids is 2. The van der Waals surface area contributed by atoms with Crippen LogP contribution in [-0.2, 0) is 33.4 Å². The fourth-order valence-corrected chi connectivity index (χ4v) is 5.05. The summed E-state index contributed by atoms with van der Waals surface area (Å²) in [4.78, 5) is 69.2. The predicted molar refractivity (Wildman–Crippen MR) is 196 cm³/mol. The quantitative estimate of drug-likeness (QED) is 0.0672. The molecular formula is C35H68N6O11. The number of amides is 6. The van der Waals surface area contributed by atoms with E-state index in [1.807, 2.05) is 13.8 Å². The Balaban J connectivity index is 0. The summed E-state index contributed by atoms with van der Waals surface area (Å²) in [5, 5.41) is 27.9. The van der Waals surface area contributed by atoms with E-state index in [1.54, 1.807) is 13.8 Å². The van der Waals surface area contributed by atoms with Crippen molar-refractivity contribution in [1.82, 2.24) is 21.3 Å². The molecule has 10 N–H and O–H groups in total. The number of nitrogens with two attached hydrogens (primary N) is 2. The zero-order valence-corrected chi connectivity index (χ0v) is 32.8. The van der Waals surface area contributed by atoms with E-state index in [4.69, 9.17) is 35.9 Å². The van der Waals surface area contributed by atoms with Gasteiger partial charge < -0.3 is 57.2 Å². The van der Waals surface area contributed by atoms with Crippen molar-refractivity contribution in [3.63, 3.8) is 0 Å². The number of carbonyl (C=O) groups is 6. The van der Waals surface area contributed by atoms with E-state index >= 15 is 0 Å².